The number of hydrogen-bond acceptors (Lipinski definition) is 4. The van der Waals surface area contributed by atoms with Crippen LogP contribution in [0.25, 0.3) is 5.69 Å². The molecule has 0 saturated carbocycles. The predicted octanol–water partition coefficient (Wildman–Crippen LogP) is 2.49. The molecule has 0 unspecified atom stereocenters. The van der Waals surface area contributed by atoms with Gasteiger partial charge in [-0.2, -0.15) is 10.2 Å². The SMILES string of the molecule is Cc1nn(C)cc1CN1CCN(C(=O)c2c(C)nn(-c3ccccc3)c2C)CC1. The molecule has 1 aromatic carbocycles. The van der Waals surface area contributed by atoms with E-state index in [2.05, 4.69) is 21.3 Å². The molecule has 0 N–H and O–H groups in total. The van der Waals surface area contributed by atoms with E-state index in [-0.39, 0.29) is 5.91 Å². The largest absolute Gasteiger partial charge is 0.336 e. The number of nitrogens with zero attached hydrogens (tertiary/aromatic N) is 6. The number of amides is 1. The zero-order valence-electron chi connectivity index (χ0n) is 17.6. The van der Waals surface area contributed by atoms with E-state index in [0.29, 0.717) is 0 Å². The second-order valence-corrected chi connectivity index (χ2v) is 7.77. The van der Waals surface area contributed by atoms with Crippen LogP contribution in [0.2, 0.25) is 0 Å². The van der Waals surface area contributed by atoms with E-state index < -0.39 is 0 Å². The molecule has 0 aliphatic carbocycles. The van der Waals surface area contributed by atoms with Gasteiger partial charge in [-0.25, -0.2) is 4.68 Å². The molecule has 4 rings (SSSR count). The third-order valence-electron chi connectivity index (χ3n) is 5.67. The topological polar surface area (TPSA) is 59.2 Å². The second kappa shape index (κ2) is 7.83. The van der Waals surface area contributed by atoms with E-state index >= 15 is 0 Å². The Morgan fingerprint density at radius 2 is 1.66 bits per heavy atom. The standard InChI is InChI=1S/C22H28N6O/c1-16-19(14-25(4)23-16)15-26-10-12-27(13-11-26)22(29)21-17(2)24-28(18(21)3)20-8-6-5-7-9-20/h5-9,14H,10-13,15H2,1-4H3. The lowest BCUT2D eigenvalue weighted by Crippen LogP contribution is -2.48. The summed E-state index contributed by atoms with van der Waals surface area (Å²) < 4.78 is 3.73. The molecular weight excluding hydrogens is 364 g/mol. The van der Waals surface area contributed by atoms with Crippen LogP contribution in [0, 0.1) is 20.8 Å². The third-order valence-corrected chi connectivity index (χ3v) is 5.67. The molecule has 7 heteroatoms. The average molecular weight is 393 g/mol. The first-order valence-electron chi connectivity index (χ1n) is 10.1. The summed E-state index contributed by atoms with van der Waals surface area (Å²) >= 11 is 0. The van der Waals surface area contributed by atoms with E-state index in [1.165, 1.54) is 5.56 Å². The molecule has 1 amide bonds. The van der Waals surface area contributed by atoms with Gasteiger partial charge in [0.25, 0.3) is 5.91 Å². The van der Waals surface area contributed by atoms with Crippen molar-refractivity contribution in [3.05, 3.63) is 64.7 Å². The number of carbonyl (C=O) groups excluding carboxylic acids is 1. The van der Waals surface area contributed by atoms with Gasteiger partial charge in [-0.1, -0.05) is 18.2 Å². The molecule has 1 saturated heterocycles. The zero-order valence-corrected chi connectivity index (χ0v) is 17.6. The Balaban J connectivity index is 1.45. The monoisotopic (exact) mass is 392 g/mol. The van der Waals surface area contributed by atoms with Gasteiger partial charge in [0.1, 0.15) is 0 Å². The van der Waals surface area contributed by atoms with Crippen LogP contribution in [0.15, 0.2) is 36.5 Å². The summed E-state index contributed by atoms with van der Waals surface area (Å²) in [7, 11) is 1.95. The van der Waals surface area contributed by atoms with Gasteiger partial charge < -0.3 is 4.90 Å². The van der Waals surface area contributed by atoms with Gasteiger partial charge in [-0.05, 0) is 32.9 Å². The summed E-state index contributed by atoms with van der Waals surface area (Å²) in [5.74, 6) is 0.0828. The summed E-state index contributed by atoms with van der Waals surface area (Å²) in [6.07, 6.45) is 2.08. The van der Waals surface area contributed by atoms with Crippen molar-refractivity contribution >= 4 is 5.91 Å². The van der Waals surface area contributed by atoms with Crippen LogP contribution in [0.1, 0.15) is 33.0 Å². The molecule has 0 spiro atoms. The molecule has 7 nitrogen and oxygen atoms in total. The van der Waals surface area contributed by atoms with Gasteiger partial charge >= 0.3 is 0 Å². The van der Waals surface area contributed by atoms with Crippen molar-refractivity contribution in [3.63, 3.8) is 0 Å². The van der Waals surface area contributed by atoms with E-state index in [9.17, 15) is 4.79 Å². The van der Waals surface area contributed by atoms with Crippen LogP contribution in [0.4, 0.5) is 0 Å². The normalized spacial score (nSPS) is 15.1. The van der Waals surface area contributed by atoms with Crippen molar-refractivity contribution in [2.24, 2.45) is 7.05 Å². The fraction of sp³-hybridized carbons (Fsp3) is 0.409. The van der Waals surface area contributed by atoms with Gasteiger partial charge in [0.15, 0.2) is 0 Å². The summed E-state index contributed by atoms with van der Waals surface area (Å²) in [4.78, 5) is 17.6. The molecule has 3 aromatic rings. The maximum absolute atomic E-state index is 13.2. The minimum absolute atomic E-state index is 0.0828. The molecule has 3 heterocycles. The van der Waals surface area contributed by atoms with Crippen LogP contribution in [-0.4, -0.2) is 61.4 Å². The lowest BCUT2D eigenvalue weighted by molar-refractivity contribution is 0.0626. The number of aromatic nitrogens is 4. The van der Waals surface area contributed by atoms with Crippen LogP contribution in [0.5, 0.6) is 0 Å². The molecule has 1 fully saturated rings. The molecule has 29 heavy (non-hydrogen) atoms. The molecule has 2 aromatic heterocycles. The van der Waals surface area contributed by atoms with Crippen molar-refractivity contribution in [2.45, 2.75) is 27.3 Å². The predicted molar refractivity (Wildman–Crippen MR) is 112 cm³/mol. The van der Waals surface area contributed by atoms with Crippen molar-refractivity contribution in [1.29, 1.82) is 0 Å². The minimum atomic E-state index is 0.0828. The first-order valence-corrected chi connectivity index (χ1v) is 10.1. The van der Waals surface area contributed by atoms with Gasteiger partial charge in [0.05, 0.1) is 28.3 Å². The highest BCUT2D eigenvalue weighted by Crippen LogP contribution is 2.21. The van der Waals surface area contributed by atoms with E-state index in [0.717, 1.165) is 61.1 Å². The van der Waals surface area contributed by atoms with Crippen molar-refractivity contribution in [2.75, 3.05) is 26.2 Å². The lowest BCUT2D eigenvalue weighted by atomic mass is 10.1. The van der Waals surface area contributed by atoms with Gasteiger partial charge in [-0.3, -0.25) is 14.4 Å². The van der Waals surface area contributed by atoms with E-state index in [1.807, 2.05) is 72.4 Å². The first-order chi connectivity index (χ1) is 13.9. The first kappa shape index (κ1) is 19.4. The minimum Gasteiger partial charge on any atom is -0.336 e. The Bertz CT molecular complexity index is 1010. The van der Waals surface area contributed by atoms with Gasteiger partial charge in [0, 0.05) is 51.5 Å². The van der Waals surface area contributed by atoms with Crippen LogP contribution in [-0.2, 0) is 13.6 Å². The molecular formula is C22H28N6O. The Morgan fingerprint density at radius 1 is 0.966 bits per heavy atom. The maximum Gasteiger partial charge on any atom is 0.257 e. The fourth-order valence-electron chi connectivity index (χ4n) is 4.08. The summed E-state index contributed by atoms with van der Waals surface area (Å²) in [5, 5.41) is 9.05. The van der Waals surface area contributed by atoms with Crippen LogP contribution < -0.4 is 0 Å². The van der Waals surface area contributed by atoms with Crippen LogP contribution in [0.3, 0.4) is 0 Å². The quantitative estimate of drug-likeness (QED) is 0.685. The molecule has 1 aliphatic rings. The Morgan fingerprint density at radius 3 is 2.28 bits per heavy atom. The molecule has 0 atom stereocenters. The maximum atomic E-state index is 13.2. The molecule has 1 aliphatic heterocycles. The van der Waals surface area contributed by atoms with Crippen molar-refractivity contribution < 1.29 is 4.79 Å². The number of carbonyl (C=O) groups is 1. The average Bonchev–Trinajstić information content (AvgIpc) is 3.19. The fourth-order valence-corrected chi connectivity index (χ4v) is 4.08. The van der Waals surface area contributed by atoms with Gasteiger partial charge in [0.2, 0.25) is 0 Å². The number of piperazine rings is 1. The van der Waals surface area contributed by atoms with Gasteiger partial charge in [-0.15, -0.1) is 0 Å². The number of hydrogen-bond donors (Lipinski definition) is 0. The van der Waals surface area contributed by atoms with Crippen LogP contribution >= 0.6 is 0 Å². The van der Waals surface area contributed by atoms with Crippen molar-refractivity contribution in [1.82, 2.24) is 29.4 Å². The lowest BCUT2D eigenvalue weighted by Gasteiger charge is -2.34. The Kier molecular flexibility index (Phi) is 5.24. The summed E-state index contributed by atoms with van der Waals surface area (Å²) in [5.41, 5.74) is 5.71. The van der Waals surface area contributed by atoms with E-state index in [4.69, 9.17) is 0 Å². The molecule has 0 bridgehead atoms. The Hall–Kier alpha value is -2.93. The highest BCUT2D eigenvalue weighted by Gasteiger charge is 2.27. The number of rotatable bonds is 4. The second-order valence-electron chi connectivity index (χ2n) is 7.77. The Labute approximate surface area is 171 Å². The van der Waals surface area contributed by atoms with E-state index in [1.54, 1.807) is 0 Å². The summed E-state index contributed by atoms with van der Waals surface area (Å²) in [6, 6.07) is 9.96. The zero-order chi connectivity index (χ0) is 20.5. The highest BCUT2D eigenvalue weighted by atomic mass is 16.2. The number of para-hydroxylation sites is 1. The number of aryl methyl sites for hydroxylation is 3. The number of benzene rings is 1. The molecule has 0 radical (unpaired) electrons. The smallest absolute Gasteiger partial charge is 0.257 e. The molecule has 152 valence electrons. The third kappa shape index (κ3) is 3.82. The highest BCUT2D eigenvalue weighted by molar-refractivity contribution is 5.96. The summed E-state index contributed by atoms with van der Waals surface area (Å²) in [6.45, 7) is 10.0. The van der Waals surface area contributed by atoms with Crippen molar-refractivity contribution in [3.8, 4) is 5.69 Å².